The Morgan fingerprint density at radius 2 is 1.70 bits per heavy atom. The van der Waals surface area contributed by atoms with Gasteiger partial charge in [-0.3, -0.25) is 4.79 Å². The Morgan fingerprint density at radius 1 is 1.13 bits per heavy atom. The molecule has 0 aliphatic heterocycles. The Hall–Kier alpha value is -1.44. The summed E-state index contributed by atoms with van der Waals surface area (Å²) in [6, 6.07) is 5.83. The van der Waals surface area contributed by atoms with E-state index in [0.717, 1.165) is 5.56 Å². The summed E-state index contributed by atoms with van der Waals surface area (Å²) in [5.74, 6) is -0.488. The Labute approximate surface area is 139 Å². The summed E-state index contributed by atoms with van der Waals surface area (Å²) in [5, 5.41) is 5.78. The molecule has 0 aliphatic carbocycles. The smallest absolute Gasteiger partial charge is 0.241 e. The van der Waals surface area contributed by atoms with E-state index in [1.165, 1.54) is 12.1 Å². The molecule has 0 heterocycles. The number of hydrogen-bond donors (Lipinski definition) is 3. The van der Waals surface area contributed by atoms with E-state index < -0.39 is 16.1 Å². The van der Waals surface area contributed by atoms with Crippen LogP contribution < -0.4 is 15.4 Å². The minimum atomic E-state index is -3.74. The van der Waals surface area contributed by atoms with Gasteiger partial charge in [0.2, 0.25) is 15.9 Å². The molecule has 1 aromatic rings. The zero-order chi connectivity index (χ0) is 17.6. The number of aryl methyl sites for hydroxylation is 1. The van der Waals surface area contributed by atoms with Crippen LogP contribution >= 0.6 is 0 Å². The van der Waals surface area contributed by atoms with Crippen LogP contribution in [-0.4, -0.2) is 40.0 Å². The monoisotopic (exact) mass is 341 g/mol. The highest BCUT2D eigenvalue weighted by Crippen LogP contribution is 2.13. The first kappa shape index (κ1) is 19.6. The summed E-state index contributed by atoms with van der Waals surface area (Å²) in [6.07, 6.45) is 0. The molecule has 0 saturated heterocycles. The van der Waals surface area contributed by atoms with Crippen LogP contribution in [0.5, 0.6) is 0 Å². The van der Waals surface area contributed by atoms with Gasteiger partial charge in [0.15, 0.2) is 0 Å². The lowest BCUT2D eigenvalue weighted by Gasteiger charge is -2.22. The van der Waals surface area contributed by atoms with Crippen molar-refractivity contribution in [3.05, 3.63) is 29.8 Å². The fourth-order valence-electron chi connectivity index (χ4n) is 1.91. The van der Waals surface area contributed by atoms with E-state index in [1.807, 2.05) is 27.7 Å². The summed E-state index contributed by atoms with van der Waals surface area (Å²) in [7, 11) is -1.93. The minimum Gasteiger partial charge on any atom is -0.353 e. The molecule has 23 heavy (non-hydrogen) atoms. The van der Waals surface area contributed by atoms with Crippen LogP contribution in [0.25, 0.3) is 0 Å². The molecule has 0 bridgehead atoms. The van der Waals surface area contributed by atoms with Crippen molar-refractivity contribution in [1.29, 1.82) is 0 Å². The number of amides is 1. The number of rotatable bonds is 8. The Kier molecular flexibility index (Phi) is 7.18. The minimum absolute atomic E-state index is 0.112. The molecule has 6 nitrogen and oxygen atoms in total. The second-order valence-electron chi connectivity index (χ2n) is 6.09. The van der Waals surface area contributed by atoms with Gasteiger partial charge in [-0.1, -0.05) is 31.5 Å². The van der Waals surface area contributed by atoms with E-state index in [2.05, 4.69) is 15.4 Å². The lowest BCUT2D eigenvalue weighted by Crippen LogP contribution is -2.51. The van der Waals surface area contributed by atoms with Crippen molar-refractivity contribution in [1.82, 2.24) is 15.4 Å². The largest absolute Gasteiger partial charge is 0.353 e. The summed E-state index contributed by atoms with van der Waals surface area (Å²) < 4.78 is 27.4. The molecule has 1 rings (SSSR count). The first-order valence-corrected chi connectivity index (χ1v) is 9.19. The number of hydrogen-bond acceptors (Lipinski definition) is 4. The van der Waals surface area contributed by atoms with Gasteiger partial charge in [-0.25, -0.2) is 8.42 Å². The number of sulfonamides is 1. The Bertz CT molecular complexity index is 612. The van der Waals surface area contributed by atoms with Crippen LogP contribution in [0.1, 0.15) is 26.3 Å². The van der Waals surface area contributed by atoms with Gasteiger partial charge in [-0.2, -0.15) is 4.72 Å². The second-order valence-corrected chi connectivity index (χ2v) is 7.80. The number of carbonyl (C=O) groups excluding carboxylic acids is 1. The van der Waals surface area contributed by atoms with Crippen LogP contribution in [0.2, 0.25) is 0 Å². The normalized spacial score (nSPS) is 14.5. The summed E-state index contributed by atoms with van der Waals surface area (Å²) in [6.45, 7) is 7.87. The molecule has 0 aromatic heterocycles. The van der Waals surface area contributed by atoms with Gasteiger partial charge in [-0.15, -0.1) is 0 Å². The van der Waals surface area contributed by atoms with E-state index in [-0.39, 0.29) is 22.8 Å². The second kappa shape index (κ2) is 8.42. The van der Waals surface area contributed by atoms with Crippen molar-refractivity contribution >= 4 is 15.9 Å². The highest BCUT2D eigenvalue weighted by Gasteiger charge is 2.28. The Balaban J connectivity index is 2.86. The Morgan fingerprint density at radius 3 is 2.17 bits per heavy atom. The molecule has 1 aromatic carbocycles. The van der Waals surface area contributed by atoms with Gasteiger partial charge in [0.05, 0.1) is 4.90 Å². The first-order valence-electron chi connectivity index (χ1n) is 7.71. The average Bonchev–Trinajstić information content (AvgIpc) is 2.50. The van der Waals surface area contributed by atoms with E-state index in [4.69, 9.17) is 0 Å². The van der Waals surface area contributed by atoms with E-state index >= 15 is 0 Å². The molecule has 0 aliphatic rings. The maximum atomic E-state index is 12.5. The number of likely N-dealkylation sites (N-methyl/N-ethyl adjacent to an activating group) is 1. The number of carbonyl (C=O) groups is 1. The van der Waals surface area contributed by atoms with Crippen LogP contribution in [0.4, 0.5) is 0 Å². The molecule has 130 valence electrons. The van der Waals surface area contributed by atoms with Gasteiger partial charge in [0, 0.05) is 12.6 Å². The van der Waals surface area contributed by atoms with Crippen LogP contribution in [0, 0.1) is 12.8 Å². The summed E-state index contributed by atoms with van der Waals surface area (Å²) in [4.78, 5) is 12.5. The molecule has 0 saturated carbocycles. The fraction of sp³-hybridized carbons (Fsp3) is 0.562. The predicted octanol–water partition coefficient (Wildman–Crippen LogP) is 1.02. The van der Waals surface area contributed by atoms with E-state index in [9.17, 15) is 13.2 Å². The van der Waals surface area contributed by atoms with Crippen molar-refractivity contribution in [3.8, 4) is 0 Å². The van der Waals surface area contributed by atoms with Crippen LogP contribution in [0.3, 0.4) is 0 Å². The van der Waals surface area contributed by atoms with E-state index in [1.54, 1.807) is 19.2 Å². The van der Waals surface area contributed by atoms with Crippen molar-refractivity contribution in [2.24, 2.45) is 5.92 Å². The third-order valence-electron chi connectivity index (χ3n) is 3.64. The molecular weight excluding hydrogens is 314 g/mol. The topological polar surface area (TPSA) is 87.3 Å². The van der Waals surface area contributed by atoms with Crippen molar-refractivity contribution in [3.63, 3.8) is 0 Å². The standard InChI is InChI=1S/C16H27N3O3S/c1-11(2)15(16(20)18-10-13(4)17-5)19-23(21,22)14-8-6-12(3)7-9-14/h6-9,11,13,15,17,19H,10H2,1-5H3,(H,18,20). The molecule has 0 spiro atoms. The zero-order valence-corrected chi connectivity index (χ0v) is 15.2. The van der Waals surface area contributed by atoms with Gasteiger partial charge in [0.1, 0.15) is 6.04 Å². The van der Waals surface area contributed by atoms with E-state index in [0.29, 0.717) is 6.54 Å². The molecular formula is C16H27N3O3S. The SMILES string of the molecule is CNC(C)CNC(=O)C(NS(=O)(=O)c1ccc(C)cc1)C(C)C. The quantitative estimate of drug-likeness (QED) is 0.659. The number of benzene rings is 1. The first-order chi connectivity index (χ1) is 10.7. The lowest BCUT2D eigenvalue weighted by molar-refractivity contribution is -0.123. The highest BCUT2D eigenvalue weighted by molar-refractivity contribution is 7.89. The summed E-state index contributed by atoms with van der Waals surface area (Å²) in [5.41, 5.74) is 0.975. The molecule has 0 radical (unpaired) electrons. The van der Waals surface area contributed by atoms with Crippen molar-refractivity contribution in [2.75, 3.05) is 13.6 Å². The molecule has 2 unspecified atom stereocenters. The lowest BCUT2D eigenvalue weighted by atomic mass is 10.1. The molecule has 1 amide bonds. The molecule has 2 atom stereocenters. The third-order valence-corrected chi connectivity index (χ3v) is 5.09. The fourth-order valence-corrected chi connectivity index (χ4v) is 3.25. The third kappa shape index (κ3) is 5.93. The van der Waals surface area contributed by atoms with Crippen molar-refractivity contribution in [2.45, 2.75) is 44.7 Å². The molecule has 3 N–H and O–H groups in total. The van der Waals surface area contributed by atoms with Gasteiger partial charge < -0.3 is 10.6 Å². The highest BCUT2D eigenvalue weighted by atomic mass is 32.2. The predicted molar refractivity (Wildman–Crippen MR) is 91.7 cm³/mol. The molecule has 7 heteroatoms. The van der Waals surface area contributed by atoms with Crippen LogP contribution in [-0.2, 0) is 14.8 Å². The number of nitrogens with one attached hydrogen (secondary N) is 3. The zero-order valence-electron chi connectivity index (χ0n) is 14.4. The molecule has 0 fully saturated rings. The van der Waals surface area contributed by atoms with Gasteiger partial charge in [-0.05, 0) is 38.9 Å². The summed E-state index contributed by atoms with van der Waals surface area (Å²) >= 11 is 0. The van der Waals surface area contributed by atoms with Gasteiger partial charge in [0.25, 0.3) is 0 Å². The van der Waals surface area contributed by atoms with Crippen molar-refractivity contribution < 1.29 is 13.2 Å². The maximum Gasteiger partial charge on any atom is 0.241 e. The average molecular weight is 341 g/mol. The maximum absolute atomic E-state index is 12.5. The van der Waals surface area contributed by atoms with Crippen LogP contribution in [0.15, 0.2) is 29.2 Å². The van der Waals surface area contributed by atoms with Gasteiger partial charge >= 0.3 is 0 Å².